The van der Waals surface area contributed by atoms with Crippen LogP contribution in [0.4, 0.5) is 0 Å². The zero-order chi connectivity index (χ0) is 17.0. The van der Waals surface area contributed by atoms with Crippen molar-refractivity contribution in [2.75, 3.05) is 32.7 Å². The maximum atomic E-state index is 12.7. The summed E-state index contributed by atoms with van der Waals surface area (Å²) >= 11 is 1.51. The number of nitrogens with zero attached hydrogens (tertiary/aromatic N) is 2. The number of carbonyl (C=O) groups is 1. The third kappa shape index (κ3) is 4.76. The van der Waals surface area contributed by atoms with Crippen molar-refractivity contribution in [2.45, 2.75) is 38.0 Å². The molecule has 0 aromatic carbocycles. The molecular formula is C15H24N2O4S2. The molecule has 0 radical (unpaired) electrons. The van der Waals surface area contributed by atoms with Crippen LogP contribution in [-0.2, 0) is 14.8 Å². The summed E-state index contributed by atoms with van der Waals surface area (Å²) in [7, 11) is -3.39. The number of thiophene rings is 1. The SMILES string of the molecule is Cc1cc(S(=O)(=O)N2CCN(CCCCC(=O)O)CC2)c(C)s1. The van der Waals surface area contributed by atoms with Gasteiger partial charge in [-0.3, -0.25) is 4.79 Å². The van der Waals surface area contributed by atoms with Crippen LogP contribution in [0.25, 0.3) is 0 Å². The molecule has 0 aliphatic carbocycles. The second-order valence-corrected chi connectivity index (χ2v) is 9.24. The number of aliphatic carboxylic acids is 1. The molecule has 130 valence electrons. The molecule has 1 aliphatic heterocycles. The standard InChI is InChI=1S/C15H24N2O4S2/c1-12-11-14(13(2)22-12)23(20,21)17-9-7-16(8-10-17)6-4-3-5-15(18)19/h11H,3-10H2,1-2H3,(H,18,19). The summed E-state index contributed by atoms with van der Waals surface area (Å²) in [6, 6.07) is 1.76. The third-order valence-corrected chi connectivity index (χ3v) is 7.18. The Balaban J connectivity index is 1.86. The average molecular weight is 361 g/mol. The largest absolute Gasteiger partial charge is 0.481 e. The van der Waals surface area contributed by atoms with Crippen molar-refractivity contribution < 1.29 is 18.3 Å². The zero-order valence-corrected chi connectivity index (χ0v) is 15.3. The number of piperazine rings is 1. The van der Waals surface area contributed by atoms with Crippen LogP contribution in [0, 0.1) is 13.8 Å². The lowest BCUT2D eigenvalue weighted by atomic mass is 10.2. The first-order valence-electron chi connectivity index (χ1n) is 7.82. The molecule has 0 bridgehead atoms. The van der Waals surface area contributed by atoms with Gasteiger partial charge in [-0.15, -0.1) is 11.3 Å². The fourth-order valence-corrected chi connectivity index (χ4v) is 5.75. The summed E-state index contributed by atoms with van der Waals surface area (Å²) < 4.78 is 27.0. The van der Waals surface area contributed by atoms with Crippen LogP contribution in [0.5, 0.6) is 0 Å². The van der Waals surface area contributed by atoms with E-state index in [-0.39, 0.29) is 6.42 Å². The Morgan fingerprint density at radius 1 is 1.22 bits per heavy atom. The molecule has 1 N–H and O–H groups in total. The molecule has 1 aliphatic rings. The predicted octanol–water partition coefficient (Wildman–Crippen LogP) is 1.93. The molecule has 1 saturated heterocycles. The molecule has 2 rings (SSSR count). The Labute approximate surface area is 141 Å². The van der Waals surface area contributed by atoms with Crippen molar-refractivity contribution in [2.24, 2.45) is 0 Å². The van der Waals surface area contributed by atoms with E-state index in [0.717, 1.165) is 22.7 Å². The minimum Gasteiger partial charge on any atom is -0.481 e. The van der Waals surface area contributed by atoms with Gasteiger partial charge in [-0.05, 0) is 39.3 Å². The van der Waals surface area contributed by atoms with Crippen molar-refractivity contribution in [3.63, 3.8) is 0 Å². The van der Waals surface area contributed by atoms with Gasteiger partial charge in [0.25, 0.3) is 0 Å². The minimum absolute atomic E-state index is 0.200. The van der Waals surface area contributed by atoms with Gasteiger partial charge in [0.05, 0.1) is 4.90 Å². The molecule has 0 spiro atoms. The molecule has 0 saturated carbocycles. The molecule has 0 unspecified atom stereocenters. The van der Waals surface area contributed by atoms with Gasteiger partial charge in [0.15, 0.2) is 0 Å². The highest BCUT2D eigenvalue weighted by Crippen LogP contribution is 2.28. The van der Waals surface area contributed by atoms with Crippen LogP contribution in [0.15, 0.2) is 11.0 Å². The number of sulfonamides is 1. The number of hydrogen-bond acceptors (Lipinski definition) is 5. The normalized spacial score (nSPS) is 17.5. The van der Waals surface area contributed by atoms with Gasteiger partial charge < -0.3 is 10.0 Å². The summed E-state index contributed by atoms with van der Waals surface area (Å²) in [5.41, 5.74) is 0. The first-order valence-corrected chi connectivity index (χ1v) is 10.1. The molecule has 1 fully saturated rings. The highest BCUT2D eigenvalue weighted by atomic mass is 32.2. The summed E-state index contributed by atoms with van der Waals surface area (Å²) in [5.74, 6) is -0.762. The second-order valence-electron chi connectivity index (χ2n) is 5.87. The van der Waals surface area contributed by atoms with Gasteiger partial charge >= 0.3 is 5.97 Å². The Hall–Kier alpha value is -0.960. The summed E-state index contributed by atoms with van der Waals surface area (Å²) in [6.45, 7) is 7.00. The number of carboxylic acids is 1. The highest BCUT2D eigenvalue weighted by molar-refractivity contribution is 7.89. The maximum Gasteiger partial charge on any atom is 0.303 e. The Morgan fingerprint density at radius 2 is 1.87 bits per heavy atom. The summed E-state index contributed by atoms with van der Waals surface area (Å²) in [4.78, 5) is 15.0. The van der Waals surface area contributed by atoms with Crippen LogP contribution < -0.4 is 0 Å². The van der Waals surface area contributed by atoms with Crippen molar-refractivity contribution in [1.82, 2.24) is 9.21 Å². The van der Waals surface area contributed by atoms with Gasteiger partial charge in [-0.1, -0.05) is 0 Å². The maximum absolute atomic E-state index is 12.7. The van der Waals surface area contributed by atoms with E-state index in [1.165, 1.54) is 11.3 Å². The Kier molecular flexibility index (Phi) is 6.19. The molecule has 1 aromatic rings. The molecule has 1 aromatic heterocycles. The monoisotopic (exact) mass is 360 g/mol. The zero-order valence-electron chi connectivity index (χ0n) is 13.6. The van der Waals surface area contributed by atoms with Gasteiger partial charge in [-0.25, -0.2) is 8.42 Å². The number of carboxylic acid groups (broad SMARTS) is 1. The van der Waals surface area contributed by atoms with E-state index in [1.54, 1.807) is 10.4 Å². The van der Waals surface area contributed by atoms with Crippen LogP contribution >= 0.6 is 11.3 Å². The van der Waals surface area contributed by atoms with Gasteiger partial charge in [0, 0.05) is 42.4 Å². The van der Waals surface area contributed by atoms with Crippen LogP contribution in [0.1, 0.15) is 29.0 Å². The van der Waals surface area contributed by atoms with Crippen molar-refractivity contribution in [3.05, 3.63) is 15.8 Å². The lowest BCUT2D eigenvalue weighted by molar-refractivity contribution is -0.137. The molecule has 2 heterocycles. The minimum atomic E-state index is -3.39. The quantitative estimate of drug-likeness (QED) is 0.752. The van der Waals surface area contributed by atoms with Crippen LogP contribution in [0.2, 0.25) is 0 Å². The van der Waals surface area contributed by atoms with Crippen molar-refractivity contribution >= 4 is 27.3 Å². The van der Waals surface area contributed by atoms with E-state index in [4.69, 9.17) is 5.11 Å². The molecule has 0 atom stereocenters. The van der Waals surface area contributed by atoms with Crippen molar-refractivity contribution in [3.8, 4) is 0 Å². The average Bonchev–Trinajstić information content (AvgIpc) is 2.83. The Morgan fingerprint density at radius 3 is 2.39 bits per heavy atom. The lowest BCUT2D eigenvalue weighted by Gasteiger charge is -2.33. The highest BCUT2D eigenvalue weighted by Gasteiger charge is 2.30. The molecule has 23 heavy (non-hydrogen) atoms. The number of unbranched alkanes of at least 4 members (excludes halogenated alkanes) is 1. The molecule has 6 nitrogen and oxygen atoms in total. The summed E-state index contributed by atoms with van der Waals surface area (Å²) in [6.07, 6.45) is 1.70. The van der Waals surface area contributed by atoms with Gasteiger partial charge in [0.1, 0.15) is 0 Å². The molecule has 8 heteroatoms. The van der Waals surface area contributed by atoms with E-state index >= 15 is 0 Å². The first-order chi connectivity index (χ1) is 10.8. The molecular weight excluding hydrogens is 336 g/mol. The number of rotatable bonds is 7. The van der Waals surface area contributed by atoms with Crippen molar-refractivity contribution in [1.29, 1.82) is 0 Å². The predicted molar refractivity (Wildman–Crippen MR) is 90.5 cm³/mol. The van der Waals surface area contributed by atoms with E-state index in [2.05, 4.69) is 4.90 Å². The van der Waals surface area contributed by atoms with E-state index < -0.39 is 16.0 Å². The van der Waals surface area contributed by atoms with Gasteiger partial charge in [0.2, 0.25) is 10.0 Å². The second kappa shape index (κ2) is 7.74. The van der Waals surface area contributed by atoms with E-state index in [1.807, 2.05) is 13.8 Å². The van der Waals surface area contributed by atoms with E-state index in [0.29, 0.717) is 37.5 Å². The number of aryl methyl sites for hydroxylation is 2. The molecule has 0 amide bonds. The lowest BCUT2D eigenvalue weighted by Crippen LogP contribution is -2.48. The topological polar surface area (TPSA) is 77.9 Å². The third-order valence-electron chi connectivity index (χ3n) is 4.06. The number of hydrogen-bond donors (Lipinski definition) is 1. The van der Waals surface area contributed by atoms with Gasteiger partial charge in [-0.2, -0.15) is 4.31 Å². The summed E-state index contributed by atoms with van der Waals surface area (Å²) in [5, 5.41) is 8.62. The fraction of sp³-hybridized carbons (Fsp3) is 0.667. The fourth-order valence-electron chi connectivity index (χ4n) is 2.81. The van der Waals surface area contributed by atoms with E-state index in [9.17, 15) is 13.2 Å². The Bertz CT molecular complexity index is 646. The first kappa shape index (κ1) is 18.4. The smallest absolute Gasteiger partial charge is 0.303 e. The van der Waals surface area contributed by atoms with Crippen LogP contribution in [-0.4, -0.2) is 61.4 Å². The van der Waals surface area contributed by atoms with Crippen LogP contribution in [0.3, 0.4) is 0 Å².